The Bertz CT molecular complexity index is 570. The molecule has 106 valence electrons. The highest BCUT2D eigenvalue weighted by Crippen LogP contribution is 2.24. The number of aromatic nitrogens is 2. The van der Waals surface area contributed by atoms with E-state index in [0.29, 0.717) is 12.3 Å². The van der Waals surface area contributed by atoms with E-state index in [0.717, 1.165) is 17.0 Å². The Morgan fingerprint density at radius 2 is 1.90 bits per heavy atom. The van der Waals surface area contributed by atoms with E-state index in [4.69, 9.17) is 15.2 Å². The molecule has 0 saturated carbocycles. The fraction of sp³-hybridized carbons (Fsp3) is 0.333. The molecule has 2 aromatic rings. The molecule has 0 aliphatic carbocycles. The molecule has 0 saturated heterocycles. The number of rotatable bonds is 5. The van der Waals surface area contributed by atoms with Crippen molar-refractivity contribution in [3.8, 4) is 11.6 Å². The van der Waals surface area contributed by atoms with Crippen LogP contribution >= 0.6 is 0 Å². The number of nitrogens with two attached hydrogens (primary N) is 1. The van der Waals surface area contributed by atoms with Crippen molar-refractivity contribution in [2.75, 3.05) is 14.2 Å². The number of methoxy groups -OCH3 is 2. The topological polar surface area (TPSA) is 70.3 Å². The molecule has 1 unspecified atom stereocenters. The van der Waals surface area contributed by atoms with Crippen molar-refractivity contribution in [1.82, 2.24) is 10.2 Å². The monoisotopic (exact) mass is 273 g/mol. The number of ether oxygens (including phenoxy) is 2. The summed E-state index contributed by atoms with van der Waals surface area (Å²) >= 11 is 0. The SMILES string of the molecule is COc1ccc(C(N)Cc2cc(C)ccc2OC)nn1. The standard InChI is InChI=1S/C15H19N3O2/c1-10-4-6-14(19-2)11(8-10)9-12(16)13-5-7-15(20-3)18-17-13/h4-8,12H,9,16H2,1-3H3. The Labute approximate surface area is 118 Å². The van der Waals surface area contributed by atoms with Gasteiger partial charge in [0.05, 0.1) is 26.0 Å². The summed E-state index contributed by atoms with van der Waals surface area (Å²) in [5.41, 5.74) is 9.17. The number of hydrogen-bond acceptors (Lipinski definition) is 5. The maximum atomic E-state index is 6.19. The maximum Gasteiger partial charge on any atom is 0.233 e. The van der Waals surface area contributed by atoms with Crippen molar-refractivity contribution in [3.05, 3.63) is 47.2 Å². The van der Waals surface area contributed by atoms with Crippen molar-refractivity contribution in [1.29, 1.82) is 0 Å². The lowest BCUT2D eigenvalue weighted by Crippen LogP contribution is -2.16. The van der Waals surface area contributed by atoms with Crippen molar-refractivity contribution < 1.29 is 9.47 Å². The number of benzene rings is 1. The maximum absolute atomic E-state index is 6.19. The van der Waals surface area contributed by atoms with Crippen LogP contribution in [0.2, 0.25) is 0 Å². The minimum absolute atomic E-state index is 0.232. The molecule has 1 atom stereocenters. The van der Waals surface area contributed by atoms with Gasteiger partial charge in [-0.3, -0.25) is 0 Å². The van der Waals surface area contributed by atoms with E-state index in [9.17, 15) is 0 Å². The molecule has 0 amide bonds. The summed E-state index contributed by atoms with van der Waals surface area (Å²) in [6.45, 7) is 2.04. The molecule has 0 bridgehead atoms. The average molecular weight is 273 g/mol. The second-order valence-corrected chi connectivity index (χ2v) is 4.63. The van der Waals surface area contributed by atoms with E-state index in [1.165, 1.54) is 5.56 Å². The molecule has 2 N–H and O–H groups in total. The summed E-state index contributed by atoms with van der Waals surface area (Å²) in [5, 5.41) is 8.02. The fourth-order valence-corrected chi connectivity index (χ4v) is 2.05. The van der Waals surface area contributed by atoms with Gasteiger partial charge in [-0.15, -0.1) is 5.10 Å². The van der Waals surface area contributed by atoms with Gasteiger partial charge in [0.25, 0.3) is 0 Å². The van der Waals surface area contributed by atoms with Crippen LogP contribution in [0.4, 0.5) is 0 Å². The van der Waals surface area contributed by atoms with E-state index < -0.39 is 0 Å². The molecule has 2 rings (SSSR count). The summed E-state index contributed by atoms with van der Waals surface area (Å²) in [6.07, 6.45) is 0.645. The van der Waals surface area contributed by atoms with Crippen LogP contribution in [0, 0.1) is 6.92 Å². The molecule has 0 aliphatic rings. The normalized spacial score (nSPS) is 12.0. The zero-order valence-electron chi connectivity index (χ0n) is 12.0. The van der Waals surface area contributed by atoms with Gasteiger partial charge in [0.15, 0.2) is 0 Å². The first-order valence-electron chi connectivity index (χ1n) is 6.40. The van der Waals surface area contributed by atoms with E-state index in [-0.39, 0.29) is 6.04 Å². The highest BCUT2D eigenvalue weighted by atomic mass is 16.5. The minimum Gasteiger partial charge on any atom is -0.496 e. The van der Waals surface area contributed by atoms with Crippen LogP contribution in [0.1, 0.15) is 22.9 Å². The predicted octanol–water partition coefficient (Wildman–Crippen LogP) is 2.04. The van der Waals surface area contributed by atoms with Gasteiger partial charge in [0.2, 0.25) is 5.88 Å². The molecule has 20 heavy (non-hydrogen) atoms. The van der Waals surface area contributed by atoms with Gasteiger partial charge in [-0.2, -0.15) is 5.10 Å². The highest BCUT2D eigenvalue weighted by molar-refractivity contribution is 5.38. The average Bonchev–Trinajstić information content (AvgIpc) is 2.47. The first-order valence-corrected chi connectivity index (χ1v) is 6.40. The summed E-state index contributed by atoms with van der Waals surface area (Å²) < 4.78 is 10.3. The molecule has 5 heteroatoms. The van der Waals surface area contributed by atoms with Crippen LogP contribution in [0.3, 0.4) is 0 Å². The molecule has 1 aromatic carbocycles. The Balaban J connectivity index is 2.17. The Morgan fingerprint density at radius 3 is 2.50 bits per heavy atom. The Hall–Kier alpha value is -2.14. The molecule has 0 radical (unpaired) electrons. The second kappa shape index (κ2) is 6.34. The van der Waals surface area contributed by atoms with Gasteiger partial charge >= 0.3 is 0 Å². The summed E-state index contributed by atoms with van der Waals surface area (Å²) in [7, 11) is 3.22. The molecular weight excluding hydrogens is 254 g/mol. The van der Waals surface area contributed by atoms with Crippen molar-refractivity contribution in [3.63, 3.8) is 0 Å². The van der Waals surface area contributed by atoms with E-state index >= 15 is 0 Å². The highest BCUT2D eigenvalue weighted by Gasteiger charge is 2.13. The number of nitrogens with zero attached hydrogens (tertiary/aromatic N) is 2. The molecular formula is C15H19N3O2. The van der Waals surface area contributed by atoms with Crippen molar-refractivity contribution in [2.45, 2.75) is 19.4 Å². The van der Waals surface area contributed by atoms with Crippen LogP contribution in [0.5, 0.6) is 11.6 Å². The molecule has 5 nitrogen and oxygen atoms in total. The third kappa shape index (κ3) is 3.24. The summed E-state index contributed by atoms with van der Waals surface area (Å²) in [4.78, 5) is 0. The van der Waals surface area contributed by atoms with Crippen LogP contribution < -0.4 is 15.2 Å². The first-order chi connectivity index (χ1) is 9.63. The summed E-state index contributed by atoms with van der Waals surface area (Å²) in [5.74, 6) is 1.32. The van der Waals surface area contributed by atoms with Crippen LogP contribution in [0.15, 0.2) is 30.3 Å². The van der Waals surface area contributed by atoms with Crippen LogP contribution in [0.25, 0.3) is 0 Å². The van der Waals surface area contributed by atoms with Crippen molar-refractivity contribution >= 4 is 0 Å². The lowest BCUT2D eigenvalue weighted by Gasteiger charge is -2.14. The first kappa shape index (κ1) is 14.3. The third-order valence-corrected chi connectivity index (χ3v) is 3.13. The van der Waals surface area contributed by atoms with E-state index in [2.05, 4.69) is 16.3 Å². The molecule has 1 heterocycles. The van der Waals surface area contributed by atoms with Crippen molar-refractivity contribution in [2.24, 2.45) is 5.73 Å². The molecule has 0 fully saturated rings. The quantitative estimate of drug-likeness (QED) is 0.902. The van der Waals surface area contributed by atoms with E-state index in [1.54, 1.807) is 20.3 Å². The largest absolute Gasteiger partial charge is 0.496 e. The van der Waals surface area contributed by atoms with Gasteiger partial charge in [-0.05, 0) is 31.0 Å². The zero-order valence-corrected chi connectivity index (χ0v) is 12.0. The predicted molar refractivity (Wildman–Crippen MR) is 76.9 cm³/mol. The molecule has 1 aromatic heterocycles. The fourth-order valence-electron chi connectivity index (χ4n) is 2.05. The van der Waals surface area contributed by atoms with E-state index in [1.807, 2.05) is 25.1 Å². The third-order valence-electron chi connectivity index (χ3n) is 3.13. The second-order valence-electron chi connectivity index (χ2n) is 4.63. The lowest BCUT2D eigenvalue weighted by molar-refractivity contribution is 0.390. The minimum atomic E-state index is -0.232. The van der Waals surface area contributed by atoms with Crippen LogP contribution in [-0.4, -0.2) is 24.4 Å². The van der Waals surface area contributed by atoms with Gasteiger partial charge in [-0.1, -0.05) is 17.7 Å². The lowest BCUT2D eigenvalue weighted by atomic mass is 10.0. The smallest absolute Gasteiger partial charge is 0.233 e. The Morgan fingerprint density at radius 1 is 1.10 bits per heavy atom. The molecule has 0 aliphatic heterocycles. The number of hydrogen-bond donors (Lipinski definition) is 1. The summed E-state index contributed by atoms with van der Waals surface area (Å²) in [6, 6.07) is 9.41. The zero-order chi connectivity index (χ0) is 14.5. The Kier molecular flexibility index (Phi) is 4.53. The number of aryl methyl sites for hydroxylation is 1. The molecule has 0 spiro atoms. The van der Waals surface area contributed by atoms with Crippen LogP contribution in [-0.2, 0) is 6.42 Å². The van der Waals surface area contributed by atoms with Gasteiger partial charge in [-0.25, -0.2) is 0 Å². The van der Waals surface area contributed by atoms with Gasteiger partial charge < -0.3 is 15.2 Å². The van der Waals surface area contributed by atoms with Gasteiger partial charge in [0.1, 0.15) is 5.75 Å². The van der Waals surface area contributed by atoms with Gasteiger partial charge in [0, 0.05) is 6.07 Å².